The van der Waals surface area contributed by atoms with Crippen LogP contribution in [0.15, 0.2) is 22.7 Å². The van der Waals surface area contributed by atoms with Crippen molar-refractivity contribution in [1.82, 2.24) is 5.32 Å². The normalized spacial score (nSPS) is 28.9. The fourth-order valence-corrected chi connectivity index (χ4v) is 2.65. The quantitative estimate of drug-likeness (QED) is 0.891. The van der Waals surface area contributed by atoms with Crippen LogP contribution in [0.3, 0.4) is 0 Å². The molecule has 6 heteroatoms. The van der Waals surface area contributed by atoms with Gasteiger partial charge in [0.05, 0.1) is 5.92 Å². The third kappa shape index (κ3) is 1.58. The van der Waals surface area contributed by atoms with Gasteiger partial charge in [0.2, 0.25) is 5.91 Å². The van der Waals surface area contributed by atoms with Crippen molar-refractivity contribution in [1.29, 1.82) is 0 Å². The van der Waals surface area contributed by atoms with E-state index in [1.807, 2.05) is 0 Å². The van der Waals surface area contributed by atoms with Crippen LogP contribution in [0.2, 0.25) is 0 Å². The van der Waals surface area contributed by atoms with Gasteiger partial charge in [0, 0.05) is 11.5 Å². The summed E-state index contributed by atoms with van der Waals surface area (Å²) in [6, 6.07) is 3.89. The second kappa shape index (κ2) is 3.98. The SMILES string of the molecule is CNC(=O)C1(C)C(c2ccc(Br)cc2F)C1(F)F. The molecule has 2 rings (SSSR count). The van der Waals surface area contributed by atoms with Gasteiger partial charge in [-0.1, -0.05) is 22.0 Å². The maximum atomic E-state index is 13.8. The Labute approximate surface area is 111 Å². The van der Waals surface area contributed by atoms with E-state index in [2.05, 4.69) is 21.2 Å². The van der Waals surface area contributed by atoms with E-state index in [0.29, 0.717) is 4.47 Å². The maximum Gasteiger partial charge on any atom is 0.271 e. The van der Waals surface area contributed by atoms with Crippen LogP contribution >= 0.6 is 15.9 Å². The van der Waals surface area contributed by atoms with Crippen molar-refractivity contribution in [2.75, 3.05) is 7.05 Å². The highest BCUT2D eigenvalue weighted by Crippen LogP contribution is 2.71. The zero-order valence-electron chi connectivity index (χ0n) is 9.73. The summed E-state index contributed by atoms with van der Waals surface area (Å²) in [4.78, 5) is 11.6. The lowest BCUT2D eigenvalue weighted by atomic mass is 10.00. The van der Waals surface area contributed by atoms with Gasteiger partial charge < -0.3 is 5.32 Å². The van der Waals surface area contributed by atoms with Crippen molar-refractivity contribution < 1.29 is 18.0 Å². The van der Waals surface area contributed by atoms with Crippen LogP contribution in [0.1, 0.15) is 18.4 Å². The molecule has 1 saturated carbocycles. The molecule has 1 aliphatic carbocycles. The van der Waals surface area contributed by atoms with Crippen molar-refractivity contribution in [3.8, 4) is 0 Å². The lowest BCUT2D eigenvalue weighted by molar-refractivity contribution is -0.128. The number of benzene rings is 1. The Hall–Kier alpha value is -1.04. The summed E-state index contributed by atoms with van der Waals surface area (Å²) in [5, 5.41) is 2.20. The zero-order valence-corrected chi connectivity index (χ0v) is 11.3. The summed E-state index contributed by atoms with van der Waals surface area (Å²) in [5.74, 6) is -6.17. The molecule has 18 heavy (non-hydrogen) atoms. The molecule has 98 valence electrons. The number of hydrogen-bond acceptors (Lipinski definition) is 1. The molecular formula is C12H11BrF3NO. The summed E-state index contributed by atoms with van der Waals surface area (Å²) in [6.45, 7) is 1.15. The first kappa shape index (κ1) is 13.4. The predicted molar refractivity (Wildman–Crippen MR) is 64.0 cm³/mol. The Bertz CT molecular complexity index is 520. The minimum Gasteiger partial charge on any atom is -0.358 e. The van der Waals surface area contributed by atoms with Gasteiger partial charge in [0.15, 0.2) is 0 Å². The van der Waals surface area contributed by atoms with Crippen molar-refractivity contribution in [3.05, 3.63) is 34.1 Å². The average molecular weight is 322 g/mol. The largest absolute Gasteiger partial charge is 0.358 e. The maximum absolute atomic E-state index is 13.8. The summed E-state index contributed by atoms with van der Waals surface area (Å²) >= 11 is 3.06. The minimum atomic E-state index is -3.23. The number of amides is 1. The van der Waals surface area contributed by atoms with Crippen molar-refractivity contribution in [3.63, 3.8) is 0 Å². The van der Waals surface area contributed by atoms with Crippen LogP contribution in [-0.4, -0.2) is 18.9 Å². The lowest BCUT2D eigenvalue weighted by Gasteiger charge is -2.08. The Morgan fingerprint density at radius 3 is 2.56 bits per heavy atom. The number of rotatable bonds is 2. The van der Waals surface area contributed by atoms with Crippen molar-refractivity contribution in [2.24, 2.45) is 5.41 Å². The molecule has 1 aliphatic rings. The Kier molecular flexibility index (Phi) is 2.96. The molecule has 0 radical (unpaired) electrons. The highest BCUT2D eigenvalue weighted by Gasteiger charge is 2.82. The lowest BCUT2D eigenvalue weighted by Crippen LogP contribution is -2.31. The molecule has 0 aromatic heterocycles. The van der Waals surface area contributed by atoms with E-state index in [0.717, 1.165) is 13.0 Å². The van der Waals surface area contributed by atoms with Gasteiger partial charge in [0.1, 0.15) is 11.2 Å². The smallest absolute Gasteiger partial charge is 0.271 e. The van der Waals surface area contributed by atoms with Gasteiger partial charge in [-0.05, 0) is 24.6 Å². The molecule has 1 amide bonds. The first-order valence-electron chi connectivity index (χ1n) is 5.31. The highest BCUT2D eigenvalue weighted by molar-refractivity contribution is 9.10. The standard InChI is InChI=1S/C12H11BrF3NO/c1-11(10(18)17-2)9(12(11,15)16)7-4-3-6(13)5-8(7)14/h3-5,9H,1-2H3,(H,17,18). The zero-order chi connectivity index (χ0) is 13.7. The predicted octanol–water partition coefficient (Wildman–Crippen LogP) is 3.07. The first-order valence-corrected chi connectivity index (χ1v) is 6.11. The van der Waals surface area contributed by atoms with E-state index in [9.17, 15) is 18.0 Å². The van der Waals surface area contributed by atoms with Crippen LogP contribution < -0.4 is 5.32 Å². The molecule has 0 aliphatic heterocycles. The van der Waals surface area contributed by atoms with Gasteiger partial charge in [-0.15, -0.1) is 0 Å². The Morgan fingerprint density at radius 2 is 2.06 bits per heavy atom. The molecule has 1 fully saturated rings. The van der Waals surface area contributed by atoms with Gasteiger partial charge in [0.25, 0.3) is 5.92 Å². The van der Waals surface area contributed by atoms with E-state index in [-0.39, 0.29) is 5.56 Å². The molecule has 2 unspecified atom stereocenters. The number of nitrogens with one attached hydrogen (secondary N) is 1. The topological polar surface area (TPSA) is 29.1 Å². The Morgan fingerprint density at radius 1 is 1.44 bits per heavy atom. The number of hydrogen-bond donors (Lipinski definition) is 1. The van der Waals surface area contributed by atoms with E-state index in [1.54, 1.807) is 0 Å². The number of carbonyl (C=O) groups is 1. The molecule has 1 N–H and O–H groups in total. The van der Waals surface area contributed by atoms with Gasteiger partial charge in [-0.25, -0.2) is 13.2 Å². The summed E-state index contributed by atoms with van der Waals surface area (Å²) in [7, 11) is 1.29. The van der Waals surface area contributed by atoms with Crippen molar-refractivity contribution >= 4 is 21.8 Å². The molecule has 0 saturated heterocycles. The summed E-state index contributed by atoms with van der Waals surface area (Å²) < 4.78 is 41.8. The summed E-state index contributed by atoms with van der Waals surface area (Å²) in [6.07, 6.45) is 0. The van der Waals surface area contributed by atoms with Crippen LogP contribution in [0.5, 0.6) is 0 Å². The van der Waals surface area contributed by atoms with E-state index in [1.165, 1.54) is 19.2 Å². The third-order valence-corrected chi connectivity index (χ3v) is 4.01. The fourth-order valence-electron chi connectivity index (χ4n) is 2.31. The monoisotopic (exact) mass is 321 g/mol. The van der Waals surface area contributed by atoms with Gasteiger partial charge in [-0.2, -0.15) is 0 Å². The molecule has 1 aromatic rings. The number of halogens is 4. The van der Waals surface area contributed by atoms with Crippen molar-refractivity contribution in [2.45, 2.75) is 18.8 Å². The third-order valence-electron chi connectivity index (χ3n) is 3.52. The molecule has 2 nitrogen and oxygen atoms in total. The van der Waals surface area contributed by atoms with E-state index >= 15 is 0 Å². The second-order valence-corrected chi connectivity index (χ2v) is 5.42. The fraction of sp³-hybridized carbons (Fsp3) is 0.417. The van der Waals surface area contributed by atoms with Crippen LogP contribution in [0.25, 0.3) is 0 Å². The average Bonchev–Trinajstić information content (AvgIpc) is 2.74. The van der Waals surface area contributed by atoms with Crippen LogP contribution in [-0.2, 0) is 4.79 Å². The Balaban J connectivity index is 2.44. The molecule has 2 atom stereocenters. The van der Waals surface area contributed by atoms with E-state index in [4.69, 9.17) is 0 Å². The number of carbonyl (C=O) groups excluding carboxylic acids is 1. The summed E-state index contributed by atoms with van der Waals surface area (Å²) in [5.41, 5.74) is -2.01. The first-order chi connectivity index (χ1) is 8.26. The second-order valence-electron chi connectivity index (χ2n) is 4.50. The van der Waals surface area contributed by atoms with Crippen LogP contribution in [0, 0.1) is 11.2 Å². The minimum absolute atomic E-state index is 0.130. The highest BCUT2D eigenvalue weighted by atomic mass is 79.9. The van der Waals surface area contributed by atoms with Gasteiger partial charge >= 0.3 is 0 Å². The molecule has 0 heterocycles. The van der Waals surface area contributed by atoms with E-state index < -0.39 is 29.0 Å². The number of alkyl halides is 2. The van der Waals surface area contributed by atoms with Crippen LogP contribution in [0.4, 0.5) is 13.2 Å². The molecule has 1 aromatic carbocycles. The molecule has 0 spiro atoms. The van der Waals surface area contributed by atoms with Gasteiger partial charge in [-0.3, -0.25) is 4.79 Å². The molecule has 0 bridgehead atoms. The molecular weight excluding hydrogens is 311 g/mol.